The summed E-state index contributed by atoms with van der Waals surface area (Å²) in [6.07, 6.45) is 1.02. The molecule has 136 valence electrons. The number of benzene rings is 2. The van der Waals surface area contributed by atoms with E-state index in [0.29, 0.717) is 30.4 Å². The third-order valence-electron chi connectivity index (χ3n) is 4.62. The third kappa shape index (κ3) is 4.49. The van der Waals surface area contributed by atoms with Gasteiger partial charge in [0.15, 0.2) is 0 Å². The van der Waals surface area contributed by atoms with Gasteiger partial charge in [0.25, 0.3) is 5.56 Å². The van der Waals surface area contributed by atoms with Gasteiger partial charge in [-0.15, -0.1) is 0 Å². The van der Waals surface area contributed by atoms with Crippen molar-refractivity contribution in [3.63, 3.8) is 0 Å². The van der Waals surface area contributed by atoms with Gasteiger partial charge in [-0.1, -0.05) is 37.3 Å². The molecule has 26 heavy (non-hydrogen) atoms. The number of aromatic amines is 1. The lowest BCUT2D eigenvalue weighted by molar-refractivity contribution is 0.154. The molecule has 2 aromatic carbocycles. The number of fused-ring (bicyclic) bond motifs is 1. The van der Waals surface area contributed by atoms with Crippen molar-refractivity contribution in [1.82, 2.24) is 14.9 Å². The van der Waals surface area contributed by atoms with Crippen LogP contribution in [0.1, 0.15) is 26.1 Å². The number of ether oxygens (including phenoxy) is 1. The van der Waals surface area contributed by atoms with Crippen LogP contribution in [0.4, 0.5) is 0 Å². The average molecular weight is 351 g/mol. The molecule has 0 saturated carbocycles. The molecule has 1 N–H and O–H groups in total. The monoisotopic (exact) mass is 351 g/mol. The van der Waals surface area contributed by atoms with Gasteiger partial charge in [-0.3, -0.25) is 9.69 Å². The van der Waals surface area contributed by atoms with Gasteiger partial charge in [-0.25, -0.2) is 4.98 Å². The number of hydrogen-bond donors (Lipinski definition) is 1. The first-order valence-corrected chi connectivity index (χ1v) is 9.07. The van der Waals surface area contributed by atoms with Gasteiger partial charge >= 0.3 is 0 Å². The Morgan fingerprint density at radius 2 is 1.85 bits per heavy atom. The summed E-state index contributed by atoms with van der Waals surface area (Å²) in [6.45, 7) is 6.29. The van der Waals surface area contributed by atoms with Crippen LogP contribution < -0.4 is 10.3 Å². The first-order chi connectivity index (χ1) is 12.7. The highest BCUT2D eigenvalue weighted by atomic mass is 16.5. The second-order valence-electron chi connectivity index (χ2n) is 6.42. The molecule has 0 aliphatic rings. The van der Waals surface area contributed by atoms with E-state index in [2.05, 4.69) is 28.7 Å². The highest BCUT2D eigenvalue weighted by Gasteiger charge is 2.15. The van der Waals surface area contributed by atoms with E-state index in [1.807, 2.05) is 48.5 Å². The van der Waals surface area contributed by atoms with Crippen LogP contribution >= 0.6 is 0 Å². The van der Waals surface area contributed by atoms with Crippen LogP contribution in [0, 0.1) is 0 Å². The van der Waals surface area contributed by atoms with Crippen LogP contribution in [0.2, 0.25) is 0 Å². The van der Waals surface area contributed by atoms with Crippen LogP contribution in [-0.4, -0.2) is 34.1 Å². The van der Waals surface area contributed by atoms with Gasteiger partial charge in [0.2, 0.25) is 0 Å². The van der Waals surface area contributed by atoms with Crippen LogP contribution in [-0.2, 0) is 6.54 Å². The van der Waals surface area contributed by atoms with E-state index in [-0.39, 0.29) is 5.56 Å². The molecular formula is C21H25N3O2. The summed E-state index contributed by atoms with van der Waals surface area (Å²) in [5.41, 5.74) is 0.645. The van der Waals surface area contributed by atoms with Gasteiger partial charge in [-0.05, 0) is 37.6 Å². The Morgan fingerprint density at radius 1 is 1.12 bits per heavy atom. The van der Waals surface area contributed by atoms with Crippen molar-refractivity contribution in [2.75, 3.05) is 13.2 Å². The molecule has 5 nitrogen and oxygen atoms in total. The van der Waals surface area contributed by atoms with Crippen LogP contribution in [0.25, 0.3) is 10.9 Å². The summed E-state index contributed by atoms with van der Waals surface area (Å²) in [4.78, 5) is 22.1. The third-order valence-corrected chi connectivity index (χ3v) is 4.62. The molecule has 3 rings (SSSR count). The summed E-state index contributed by atoms with van der Waals surface area (Å²) in [6, 6.07) is 17.6. The Hall–Kier alpha value is -2.66. The lowest BCUT2D eigenvalue weighted by atomic mass is 10.2. The molecule has 0 bridgehead atoms. The molecule has 0 saturated heterocycles. The first-order valence-electron chi connectivity index (χ1n) is 9.07. The summed E-state index contributed by atoms with van der Waals surface area (Å²) >= 11 is 0. The minimum absolute atomic E-state index is 0.0877. The Bertz CT molecular complexity index is 892. The zero-order valence-corrected chi connectivity index (χ0v) is 15.3. The Labute approximate surface area is 153 Å². The van der Waals surface area contributed by atoms with Crippen molar-refractivity contribution < 1.29 is 4.74 Å². The fourth-order valence-corrected chi connectivity index (χ4v) is 2.91. The number of H-pyrrole nitrogens is 1. The standard InChI is InChI=1S/C21H25N3O2/c1-3-16(2)24(13-14-26-17-9-5-4-6-10-17)15-20-22-19-12-8-7-11-18(19)21(25)23-20/h4-12,16H,3,13-15H2,1-2H3,(H,22,23,25). The number of nitrogens with one attached hydrogen (secondary N) is 1. The Kier molecular flexibility index (Phi) is 6.02. The minimum atomic E-state index is -0.0877. The summed E-state index contributed by atoms with van der Waals surface area (Å²) < 4.78 is 5.83. The molecule has 0 fully saturated rings. The minimum Gasteiger partial charge on any atom is -0.492 e. The summed E-state index contributed by atoms with van der Waals surface area (Å²) in [5, 5.41) is 0.624. The second kappa shape index (κ2) is 8.63. The fraction of sp³-hybridized carbons (Fsp3) is 0.333. The van der Waals surface area contributed by atoms with E-state index in [1.54, 1.807) is 6.07 Å². The number of hydrogen-bond acceptors (Lipinski definition) is 4. The zero-order valence-electron chi connectivity index (χ0n) is 15.3. The highest BCUT2D eigenvalue weighted by molar-refractivity contribution is 5.77. The molecule has 1 atom stereocenters. The molecule has 5 heteroatoms. The summed E-state index contributed by atoms with van der Waals surface area (Å²) in [5.74, 6) is 1.56. The zero-order chi connectivity index (χ0) is 18.4. The van der Waals surface area contributed by atoms with Gasteiger partial charge in [0, 0.05) is 12.6 Å². The topological polar surface area (TPSA) is 58.2 Å². The van der Waals surface area contributed by atoms with Crippen molar-refractivity contribution >= 4 is 10.9 Å². The second-order valence-corrected chi connectivity index (χ2v) is 6.42. The molecular weight excluding hydrogens is 326 g/mol. The molecule has 0 aliphatic carbocycles. The number of para-hydroxylation sites is 2. The molecule has 0 spiro atoms. The van der Waals surface area contributed by atoms with Crippen molar-refractivity contribution in [3.05, 3.63) is 70.8 Å². The number of rotatable bonds is 8. The van der Waals surface area contributed by atoms with Crippen molar-refractivity contribution in [1.29, 1.82) is 0 Å². The SMILES string of the molecule is CCC(C)N(CCOc1ccccc1)Cc1nc2ccccc2c(=O)[nH]1. The summed E-state index contributed by atoms with van der Waals surface area (Å²) in [7, 11) is 0. The van der Waals surface area contributed by atoms with E-state index in [9.17, 15) is 4.79 Å². The molecule has 0 radical (unpaired) electrons. The maximum absolute atomic E-state index is 12.3. The van der Waals surface area contributed by atoms with Crippen LogP contribution in [0.3, 0.4) is 0 Å². The number of nitrogens with zero attached hydrogens (tertiary/aromatic N) is 2. The van der Waals surface area contributed by atoms with Crippen LogP contribution in [0.15, 0.2) is 59.4 Å². The molecule has 1 heterocycles. The molecule has 0 aliphatic heterocycles. The van der Waals surface area contributed by atoms with E-state index in [4.69, 9.17) is 4.74 Å². The highest BCUT2D eigenvalue weighted by Crippen LogP contribution is 2.12. The molecule has 3 aromatic rings. The van der Waals surface area contributed by atoms with Gasteiger partial charge in [-0.2, -0.15) is 0 Å². The average Bonchev–Trinajstić information content (AvgIpc) is 2.67. The normalized spacial score (nSPS) is 12.4. The quantitative estimate of drug-likeness (QED) is 0.674. The maximum Gasteiger partial charge on any atom is 0.258 e. The van der Waals surface area contributed by atoms with Crippen molar-refractivity contribution in [2.45, 2.75) is 32.9 Å². The molecule has 1 aromatic heterocycles. The van der Waals surface area contributed by atoms with E-state index < -0.39 is 0 Å². The largest absolute Gasteiger partial charge is 0.492 e. The van der Waals surface area contributed by atoms with E-state index >= 15 is 0 Å². The predicted molar refractivity (Wildman–Crippen MR) is 104 cm³/mol. The van der Waals surface area contributed by atoms with Crippen molar-refractivity contribution in [2.24, 2.45) is 0 Å². The molecule has 1 unspecified atom stereocenters. The van der Waals surface area contributed by atoms with Gasteiger partial charge in [0.1, 0.15) is 18.2 Å². The Balaban J connectivity index is 1.71. The van der Waals surface area contributed by atoms with Gasteiger partial charge in [0.05, 0.1) is 17.4 Å². The smallest absolute Gasteiger partial charge is 0.258 e. The van der Waals surface area contributed by atoms with Crippen molar-refractivity contribution in [3.8, 4) is 5.75 Å². The molecule has 0 amide bonds. The van der Waals surface area contributed by atoms with E-state index in [1.165, 1.54) is 0 Å². The maximum atomic E-state index is 12.3. The fourth-order valence-electron chi connectivity index (χ4n) is 2.91. The Morgan fingerprint density at radius 3 is 2.62 bits per heavy atom. The van der Waals surface area contributed by atoms with E-state index in [0.717, 1.165) is 24.2 Å². The first kappa shape index (κ1) is 18.1. The lowest BCUT2D eigenvalue weighted by Crippen LogP contribution is -2.36. The van der Waals surface area contributed by atoms with Gasteiger partial charge < -0.3 is 9.72 Å². The number of aromatic nitrogens is 2. The van der Waals surface area contributed by atoms with Crippen LogP contribution in [0.5, 0.6) is 5.75 Å². The predicted octanol–water partition coefficient (Wildman–Crippen LogP) is 3.60. The lowest BCUT2D eigenvalue weighted by Gasteiger charge is -2.27.